The summed E-state index contributed by atoms with van der Waals surface area (Å²) >= 11 is 13.7. The largest absolute Gasteiger partial charge is 0.311 e. The van der Waals surface area contributed by atoms with Crippen molar-refractivity contribution in [2.45, 2.75) is 13.0 Å². The standard InChI is InChI=1S/C20H17Cl2N3S/c21-16-6-4-15(5-7-16)19-18(25-10-11-26-20(25)24-19)13-23-9-8-14-2-1-3-17(22)12-14/h1-7,10-12,23H,8-9,13H2. The number of hydrogen-bond acceptors (Lipinski definition) is 3. The van der Waals surface area contributed by atoms with Crippen LogP contribution in [0.15, 0.2) is 60.1 Å². The monoisotopic (exact) mass is 401 g/mol. The molecule has 132 valence electrons. The topological polar surface area (TPSA) is 29.3 Å². The first-order valence-electron chi connectivity index (χ1n) is 8.36. The van der Waals surface area contributed by atoms with Gasteiger partial charge in [-0.05, 0) is 42.8 Å². The van der Waals surface area contributed by atoms with Crippen LogP contribution < -0.4 is 5.32 Å². The van der Waals surface area contributed by atoms with Gasteiger partial charge in [-0.15, -0.1) is 11.3 Å². The van der Waals surface area contributed by atoms with Crippen LogP contribution in [0.5, 0.6) is 0 Å². The molecule has 1 N–H and O–H groups in total. The van der Waals surface area contributed by atoms with Gasteiger partial charge in [0.05, 0.1) is 11.4 Å². The van der Waals surface area contributed by atoms with E-state index in [9.17, 15) is 0 Å². The molecule has 0 bridgehead atoms. The lowest BCUT2D eigenvalue weighted by Crippen LogP contribution is -2.18. The Bertz CT molecular complexity index is 1020. The summed E-state index contributed by atoms with van der Waals surface area (Å²) in [5, 5.41) is 7.11. The Morgan fingerprint density at radius 1 is 1.04 bits per heavy atom. The zero-order chi connectivity index (χ0) is 17.9. The second-order valence-corrected chi connectivity index (χ2v) is 7.77. The number of fused-ring (bicyclic) bond motifs is 1. The van der Waals surface area contributed by atoms with Crippen LogP contribution >= 0.6 is 34.5 Å². The molecule has 0 saturated carbocycles. The first-order chi connectivity index (χ1) is 12.7. The highest BCUT2D eigenvalue weighted by Gasteiger charge is 2.14. The van der Waals surface area contributed by atoms with Crippen molar-refractivity contribution in [3.8, 4) is 11.3 Å². The lowest BCUT2D eigenvalue weighted by Gasteiger charge is -2.08. The molecule has 26 heavy (non-hydrogen) atoms. The Hall–Kier alpha value is -1.85. The van der Waals surface area contributed by atoms with Gasteiger partial charge in [-0.1, -0.05) is 47.5 Å². The maximum absolute atomic E-state index is 6.05. The third-order valence-electron chi connectivity index (χ3n) is 4.25. The van der Waals surface area contributed by atoms with E-state index in [2.05, 4.69) is 27.4 Å². The summed E-state index contributed by atoms with van der Waals surface area (Å²) in [6.45, 7) is 1.62. The van der Waals surface area contributed by atoms with E-state index in [4.69, 9.17) is 28.2 Å². The Balaban J connectivity index is 1.51. The van der Waals surface area contributed by atoms with E-state index in [-0.39, 0.29) is 0 Å². The molecule has 2 aromatic carbocycles. The molecule has 2 heterocycles. The summed E-state index contributed by atoms with van der Waals surface area (Å²) in [4.78, 5) is 5.80. The summed E-state index contributed by atoms with van der Waals surface area (Å²) in [7, 11) is 0. The van der Waals surface area contributed by atoms with Gasteiger partial charge in [0, 0.05) is 33.7 Å². The van der Waals surface area contributed by atoms with Crippen molar-refractivity contribution in [1.82, 2.24) is 14.7 Å². The van der Waals surface area contributed by atoms with E-state index >= 15 is 0 Å². The Morgan fingerprint density at radius 3 is 2.69 bits per heavy atom. The van der Waals surface area contributed by atoms with Gasteiger partial charge in [0.2, 0.25) is 0 Å². The molecule has 0 aliphatic carbocycles. The molecular formula is C20H17Cl2N3S. The van der Waals surface area contributed by atoms with Gasteiger partial charge in [0.1, 0.15) is 0 Å². The van der Waals surface area contributed by atoms with Gasteiger partial charge >= 0.3 is 0 Å². The van der Waals surface area contributed by atoms with E-state index in [0.29, 0.717) is 0 Å². The smallest absolute Gasteiger partial charge is 0.194 e. The second-order valence-electron chi connectivity index (χ2n) is 6.03. The maximum Gasteiger partial charge on any atom is 0.194 e. The van der Waals surface area contributed by atoms with Crippen molar-refractivity contribution in [2.24, 2.45) is 0 Å². The zero-order valence-electron chi connectivity index (χ0n) is 14.0. The molecule has 2 aromatic heterocycles. The van der Waals surface area contributed by atoms with Crippen molar-refractivity contribution >= 4 is 39.5 Å². The van der Waals surface area contributed by atoms with Gasteiger partial charge in [-0.25, -0.2) is 4.98 Å². The third kappa shape index (κ3) is 3.79. The number of halogens is 2. The fraction of sp³-hybridized carbons (Fsp3) is 0.150. The average Bonchev–Trinajstić information content (AvgIpc) is 3.21. The van der Waals surface area contributed by atoms with Crippen LogP contribution in [0, 0.1) is 0 Å². The predicted molar refractivity (Wildman–Crippen MR) is 110 cm³/mol. The first-order valence-corrected chi connectivity index (χ1v) is 10.00. The van der Waals surface area contributed by atoms with Crippen molar-refractivity contribution in [3.63, 3.8) is 0 Å². The predicted octanol–water partition coefficient (Wildman–Crippen LogP) is 5.70. The first kappa shape index (κ1) is 17.6. The Morgan fingerprint density at radius 2 is 1.88 bits per heavy atom. The van der Waals surface area contributed by atoms with Crippen molar-refractivity contribution < 1.29 is 0 Å². The maximum atomic E-state index is 6.05. The van der Waals surface area contributed by atoms with Crippen LogP contribution in [0.3, 0.4) is 0 Å². The number of benzene rings is 2. The van der Waals surface area contributed by atoms with Crippen molar-refractivity contribution in [1.29, 1.82) is 0 Å². The molecule has 0 amide bonds. The van der Waals surface area contributed by atoms with E-state index in [0.717, 1.165) is 51.5 Å². The number of nitrogens with zero attached hydrogens (tertiary/aromatic N) is 2. The Labute approximate surface area is 166 Å². The molecule has 0 aliphatic rings. The molecule has 4 aromatic rings. The quantitative estimate of drug-likeness (QED) is 0.419. The second kappa shape index (κ2) is 7.80. The van der Waals surface area contributed by atoms with Crippen LogP contribution in [-0.4, -0.2) is 15.9 Å². The third-order valence-corrected chi connectivity index (χ3v) is 5.49. The number of nitrogens with one attached hydrogen (secondary N) is 1. The van der Waals surface area contributed by atoms with Gasteiger partial charge in [-0.3, -0.25) is 4.40 Å². The minimum Gasteiger partial charge on any atom is -0.311 e. The van der Waals surface area contributed by atoms with Crippen LogP contribution in [-0.2, 0) is 13.0 Å². The molecular weight excluding hydrogens is 385 g/mol. The van der Waals surface area contributed by atoms with Crippen LogP contribution in [0.1, 0.15) is 11.3 Å². The molecule has 0 atom stereocenters. The highest BCUT2D eigenvalue weighted by atomic mass is 35.5. The minimum absolute atomic E-state index is 0.732. The summed E-state index contributed by atoms with van der Waals surface area (Å²) in [6.07, 6.45) is 3.00. The normalized spacial score (nSPS) is 11.3. The van der Waals surface area contributed by atoms with Crippen LogP contribution in [0.2, 0.25) is 10.0 Å². The Kier molecular flexibility index (Phi) is 5.27. The average molecular weight is 402 g/mol. The number of imidazole rings is 1. The van der Waals surface area contributed by atoms with E-state index < -0.39 is 0 Å². The summed E-state index contributed by atoms with van der Waals surface area (Å²) < 4.78 is 2.15. The van der Waals surface area contributed by atoms with Gasteiger partial charge in [-0.2, -0.15) is 0 Å². The minimum atomic E-state index is 0.732. The van der Waals surface area contributed by atoms with Gasteiger partial charge in [0.25, 0.3) is 0 Å². The number of thiazole rings is 1. The van der Waals surface area contributed by atoms with E-state index in [1.54, 1.807) is 11.3 Å². The molecule has 3 nitrogen and oxygen atoms in total. The number of aromatic nitrogens is 2. The van der Waals surface area contributed by atoms with Gasteiger partial charge < -0.3 is 5.32 Å². The van der Waals surface area contributed by atoms with E-state index in [1.807, 2.05) is 42.5 Å². The fourth-order valence-electron chi connectivity index (χ4n) is 2.97. The van der Waals surface area contributed by atoms with Crippen molar-refractivity contribution in [2.75, 3.05) is 6.54 Å². The molecule has 0 unspecified atom stereocenters. The number of hydrogen-bond donors (Lipinski definition) is 1. The van der Waals surface area contributed by atoms with Crippen molar-refractivity contribution in [3.05, 3.63) is 81.4 Å². The summed E-state index contributed by atoms with van der Waals surface area (Å²) in [5.74, 6) is 0. The molecule has 0 fully saturated rings. The molecule has 0 saturated heterocycles. The molecule has 0 aliphatic heterocycles. The lowest BCUT2D eigenvalue weighted by molar-refractivity contribution is 0.673. The highest BCUT2D eigenvalue weighted by molar-refractivity contribution is 7.15. The highest BCUT2D eigenvalue weighted by Crippen LogP contribution is 2.27. The summed E-state index contributed by atoms with van der Waals surface area (Å²) in [6, 6.07) is 15.8. The lowest BCUT2D eigenvalue weighted by atomic mass is 10.1. The fourth-order valence-corrected chi connectivity index (χ4v) is 4.04. The van der Waals surface area contributed by atoms with E-state index in [1.165, 1.54) is 5.56 Å². The molecule has 0 radical (unpaired) electrons. The molecule has 4 rings (SSSR count). The van der Waals surface area contributed by atoms with Crippen LogP contribution in [0.4, 0.5) is 0 Å². The van der Waals surface area contributed by atoms with Crippen LogP contribution in [0.25, 0.3) is 16.2 Å². The molecule has 0 spiro atoms. The van der Waals surface area contributed by atoms with Gasteiger partial charge in [0.15, 0.2) is 4.96 Å². The zero-order valence-corrected chi connectivity index (χ0v) is 16.3. The molecule has 6 heteroatoms. The summed E-state index contributed by atoms with van der Waals surface area (Å²) in [5.41, 5.74) is 4.48. The number of rotatable bonds is 6. The SMILES string of the molecule is Clc1ccc(-c2nc3sccn3c2CNCCc2cccc(Cl)c2)cc1.